The first kappa shape index (κ1) is 15.8. The normalized spacial score (nSPS) is 17.3. The lowest BCUT2D eigenvalue weighted by Gasteiger charge is -2.34. The maximum absolute atomic E-state index is 11.6. The number of amides is 1. The van der Waals surface area contributed by atoms with E-state index in [-0.39, 0.29) is 5.91 Å². The van der Waals surface area contributed by atoms with Gasteiger partial charge < -0.3 is 15.3 Å². The van der Waals surface area contributed by atoms with Gasteiger partial charge in [-0.1, -0.05) is 33.8 Å². The molecule has 1 aliphatic heterocycles. The summed E-state index contributed by atoms with van der Waals surface area (Å²) in [5.41, 5.74) is 2.54. The lowest BCUT2D eigenvalue weighted by atomic mass is 10.0. The number of anilines is 2. The molecule has 116 valence electrons. The summed E-state index contributed by atoms with van der Waals surface area (Å²) >= 11 is 0. The van der Waals surface area contributed by atoms with Gasteiger partial charge in [0.2, 0.25) is 0 Å². The number of benzene rings is 1. The summed E-state index contributed by atoms with van der Waals surface area (Å²) in [6.07, 6.45) is 1.16. The fourth-order valence-corrected chi connectivity index (χ4v) is 3.00. The Bertz CT molecular complexity index is 510. The van der Waals surface area contributed by atoms with Crippen LogP contribution in [-0.4, -0.2) is 23.6 Å². The highest BCUT2D eigenvalue weighted by Gasteiger charge is 2.29. The second-order valence-corrected chi connectivity index (χ2v) is 6.18. The SMILES string of the molecule is CCC(CC)N(CC(C)C)c1ccc2c(c1)NC(=O)C2O. The average molecular weight is 290 g/mol. The summed E-state index contributed by atoms with van der Waals surface area (Å²) < 4.78 is 0. The third-order valence-corrected chi connectivity index (χ3v) is 4.11. The highest BCUT2D eigenvalue weighted by atomic mass is 16.3. The van der Waals surface area contributed by atoms with Crippen LogP contribution in [-0.2, 0) is 4.79 Å². The zero-order valence-electron chi connectivity index (χ0n) is 13.4. The van der Waals surface area contributed by atoms with Crippen LogP contribution < -0.4 is 10.2 Å². The van der Waals surface area contributed by atoms with E-state index in [1.54, 1.807) is 0 Å². The number of aliphatic hydroxyl groups excluding tert-OH is 1. The Labute approximate surface area is 127 Å². The molecule has 1 unspecified atom stereocenters. The maximum atomic E-state index is 11.6. The molecule has 0 aliphatic carbocycles. The Kier molecular flexibility index (Phi) is 4.88. The minimum atomic E-state index is -1.03. The number of carbonyl (C=O) groups is 1. The summed E-state index contributed by atoms with van der Waals surface area (Å²) in [6.45, 7) is 9.84. The van der Waals surface area contributed by atoms with Gasteiger partial charge in [0.25, 0.3) is 5.91 Å². The molecule has 0 saturated carbocycles. The molecule has 0 radical (unpaired) electrons. The molecular formula is C17H26N2O2. The molecule has 2 rings (SSSR count). The minimum absolute atomic E-state index is 0.333. The molecule has 4 heteroatoms. The van der Waals surface area contributed by atoms with E-state index >= 15 is 0 Å². The Morgan fingerprint density at radius 1 is 1.29 bits per heavy atom. The predicted molar refractivity (Wildman–Crippen MR) is 86.6 cm³/mol. The van der Waals surface area contributed by atoms with E-state index in [0.29, 0.717) is 17.5 Å². The van der Waals surface area contributed by atoms with Gasteiger partial charge in [0.05, 0.1) is 0 Å². The van der Waals surface area contributed by atoms with E-state index in [1.165, 1.54) is 0 Å². The van der Waals surface area contributed by atoms with Crippen molar-refractivity contribution in [1.29, 1.82) is 0 Å². The Hall–Kier alpha value is -1.55. The van der Waals surface area contributed by atoms with Crippen LogP contribution in [0, 0.1) is 5.92 Å². The molecule has 1 aromatic carbocycles. The first-order chi connectivity index (χ1) is 9.97. The van der Waals surface area contributed by atoms with Gasteiger partial charge in [0.15, 0.2) is 6.10 Å². The maximum Gasteiger partial charge on any atom is 0.257 e. The molecule has 0 saturated heterocycles. The van der Waals surface area contributed by atoms with Crippen molar-refractivity contribution in [2.75, 3.05) is 16.8 Å². The van der Waals surface area contributed by atoms with E-state index in [4.69, 9.17) is 0 Å². The number of rotatable bonds is 6. The van der Waals surface area contributed by atoms with Crippen molar-refractivity contribution in [3.8, 4) is 0 Å². The van der Waals surface area contributed by atoms with E-state index in [2.05, 4.69) is 37.9 Å². The zero-order chi connectivity index (χ0) is 15.6. The molecule has 0 aromatic heterocycles. The molecule has 0 bridgehead atoms. The van der Waals surface area contributed by atoms with Crippen LogP contribution in [0.4, 0.5) is 11.4 Å². The first-order valence-electron chi connectivity index (χ1n) is 7.87. The van der Waals surface area contributed by atoms with Crippen molar-refractivity contribution < 1.29 is 9.90 Å². The highest BCUT2D eigenvalue weighted by molar-refractivity contribution is 6.02. The van der Waals surface area contributed by atoms with Crippen LogP contribution in [0.25, 0.3) is 0 Å². The lowest BCUT2D eigenvalue weighted by molar-refractivity contribution is -0.123. The number of fused-ring (bicyclic) bond motifs is 1. The molecule has 1 atom stereocenters. The van der Waals surface area contributed by atoms with Gasteiger partial charge >= 0.3 is 0 Å². The summed E-state index contributed by atoms with van der Waals surface area (Å²) in [5.74, 6) is 0.235. The second-order valence-electron chi connectivity index (χ2n) is 6.18. The topological polar surface area (TPSA) is 52.6 Å². The smallest absolute Gasteiger partial charge is 0.257 e. The molecule has 21 heavy (non-hydrogen) atoms. The Balaban J connectivity index is 2.33. The van der Waals surface area contributed by atoms with E-state index in [1.807, 2.05) is 18.2 Å². The number of nitrogens with one attached hydrogen (secondary N) is 1. The predicted octanol–water partition coefficient (Wildman–Crippen LogP) is 3.32. The number of hydrogen-bond acceptors (Lipinski definition) is 3. The number of aliphatic hydroxyl groups is 1. The van der Waals surface area contributed by atoms with Gasteiger partial charge in [-0.05, 0) is 30.9 Å². The fourth-order valence-electron chi connectivity index (χ4n) is 3.00. The second kappa shape index (κ2) is 6.48. The van der Waals surface area contributed by atoms with Crippen LogP contribution in [0.1, 0.15) is 52.2 Å². The molecule has 1 aliphatic rings. The Morgan fingerprint density at radius 2 is 1.95 bits per heavy atom. The van der Waals surface area contributed by atoms with Crippen molar-refractivity contribution in [3.63, 3.8) is 0 Å². The van der Waals surface area contributed by atoms with Crippen molar-refractivity contribution in [1.82, 2.24) is 0 Å². The van der Waals surface area contributed by atoms with Gasteiger partial charge in [-0.2, -0.15) is 0 Å². The van der Waals surface area contributed by atoms with Gasteiger partial charge in [0, 0.05) is 29.5 Å². The van der Waals surface area contributed by atoms with Crippen LogP contribution in [0.2, 0.25) is 0 Å². The average Bonchev–Trinajstić information content (AvgIpc) is 2.73. The number of nitrogens with zero attached hydrogens (tertiary/aromatic N) is 1. The summed E-state index contributed by atoms with van der Waals surface area (Å²) in [4.78, 5) is 14.0. The molecular weight excluding hydrogens is 264 g/mol. The molecule has 0 spiro atoms. The Morgan fingerprint density at radius 3 is 2.52 bits per heavy atom. The molecule has 1 aromatic rings. The van der Waals surface area contributed by atoms with Gasteiger partial charge in [-0.3, -0.25) is 4.79 Å². The largest absolute Gasteiger partial charge is 0.378 e. The minimum Gasteiger partial charge on any atom is -0.378 e. The van der Waals surface area contributed by atoms with E-state index in [9.17, 15) is 9.90 Å². The van der Waals surface area contributed by atoms with Crippen molar-refractivity contribution >= 4 is 17.3 Å². The van der Waals surface area contributed by atoms with Crippen LogP contribution in [0.15, 0.2) is 18.2 Å². The van der Waals surface area contributed by atoms with Crippen LogP contribution >= 0.6 is 0 Å². The lowest BCUT2D eigenvalue weighted by Crippen LogP contribution is -2.37. The monoisotopic (exact) mass is 290 g/mol. The van der Waals surface area contributed by atoms with Crippen LogP contribution in [0.3, 0.4) is 0 Å². The van der Waals surface area contributed by atoms with E-state index in [0.717, 1.165) is 30.8 Å². The molecule has 2 N–H and O–H groups in total. The number of carbonyl (C=O) groups excluding carboxylic acids is 1. The van der Waals surface area contributed by atoms with E-state index < -0.39 is 6.10 Å². The third kappa shape index (κ3) is 3.21. The number of hydrogen-bond donors (Lipinski definition) is 2. The summed E-state index contributed by atoms with van der Waals surface area (Å²) in [5, 5.41) is 12.6. The molecule has 1 amide bonds. The zero-order valence-corrected chi connectivity index (χ0v) is 13.4. The van der Waals surface area contributed by atoms with Crippen LogP contribution in [0.5, 0.6) is 0 Å². The highest BCUT2D eigenvalue weighted by Crippen LogP contribution is 2.35. The van der Waals surface area contributed by atoms with Crippen molar-refractivity contribution in [2.45, 2.75) is 52.7 Å². The van der Waals surface area contributed by atoms with Crippen molar-refractivity contribution in [3.05, 3.63) is 23.8 Å². The van der Waals surface area contributed by atoms with Gasteiger partial charge in [0.1, 0.15) is 0 Å². The van der Waals surface area contributed by atoms with Crippen molar-refractivity contribution in [2.24, 2.45) is 5.92 Å². The quantitative estimate of drug-likeness (QED) is 0.845. The third-order valence-electron chi connectivity index (χ3n) is 4.11. The fraction of sp³-hybridized carbons (Fsp3) is 0.588. The summed E-state index contributed by atoms with van der Waals surface area (Å²) in [7, 11) is 0. The molecule has 4 nitrogen and oxygen atoms in total. The first-order valence-corrected chi connectivity index (χ1v) is 7.87. The molecule has 1 heterocycles. The summed E-state index contributed by atoms with van der Waals surface area (Å²) in [6, 6.07) is 6.36. The van der Waals surface area contributed by atoms with Gasteiger partial charge in [-0.15, -0.1) is 0 Å². The standard InChI is InChI=1S/C17H26N2O2/c1-5-12(6-2)19(10-11(3)4)13-7-8-14-15(9-13)18-17(21)16(14)20/h7-9,11-12,16,20H,5-6,10H2,1-4H3,(H,18,21). The van der Waals surface area contributed by atoms with Gasteiger partial charge in [-0.25, -0.2) is 0 Å². The molecule has 0 fully saturated rings.